The Kier molecular flexibility index (Phi) is 4.38. The molecule has 1 atom stereocenters. The minimum atomic E-state index is -5.01. The highest BCUT2D eigenvalue weighted by atomic mass is 19.4. The second-order valence-corrected chi connectivity index (χ2v) is 5.69. The van der Waals surface area contributed by atoms with Crippen molar-refractivity contribution in [2.75, 3.05) is 13.1 Å². The second kappa shape index (κ2) is 5.76. The molecule has 1 aliphatic heterocycles. The van der Waals surface area contributed by atoms with E-state index in [-0.39, 0.29) is 17.9 Å². The summed E-state index contributed by atoms with van der Waals surface area (Å²) in [5.74, 6) is 0. The van der Waals surface area contributed by atoms with Crippen molar-refractivity contribution in [2.24, 2.45) is 5.73 Å². The summed E-state index contributed by atoms with van der Waals surface area (Å²) in [4.78, 5) is 3.32. The van der Waals surface area contributed by atoms with Gasteiger partial charge in [-0.05, 0) is 25.1 Å². The van der Waals surface area contributed by atoms with Gasteiger partial charge in [0.2, 0.25) is 0 Å². The summed E-state index contributed by atoms with van der Waals surface area (Å²) < 4.78 is 78.7. The van der Waals surface area contributed by atoms with E-state index >= 15 is 0 Å². The number of β-amino-alcohol motifs (C(OH)–C–C–N with tert-alkyl or cyclic N) is 1. The maximum atomic E-state index is 13.3. The second-order valence-electron chi connectivity index (χ2n) is 5.69. The molecule has 0 fully saturated rings. The van der Waals surface area contributed by atoms with Crippen LogP contribution in [-0.2, 0) is 0 Å². The molecular formula is C14H15F6N3O. The first-order valence-electron chi connectivity index (χ1n) is 6.78. The predicted octanol–water partition coefficient (Wildman–Crippen LogP) is 2.76. The third-order valence-corrected chi connectivity index (χ3v) is 3.54. The van der Waals surface area contributed by atoms with Crippen LogP contribution in [0, 0.1) is 0 Å². The number of nitrogens with one attached hydrogen (secondary N) is 1. The monoisotopic (exact) mass is 355 g/mol. The molecule has 0 spiro atoms. The topological polar surface area (TPSA) is 65.3 Å². The number of allylic oxidation sites excluding steroid dienone is 2. The fourth-order valence-corrected chi connectivity index (χ4v) is 2.37. The molecule has 24 heavy (non-hydrogen) atoms. The van der Waals surface area contributed by atoms with Gasteiger partial charge < -0.3 is 20.7 Å². The molecule has 0 saturated carbocycles. The molecule has 0 saturated heterocycles. The van der Waals surface area contributed by atoms with E-state index in [9.17, 15) is 31.4 Å². The zero-order valence-corrected chi connectivity index (χ0v) is 12.5. The number of aliphatic hydroxyl groups is 1. The summed E-state index contributed by atoms with van der Waals surface area (Å²) in [6.07, 6.45) is -7.80. The lowest BCUT2D eigenvalue weighted by Crippen LogP contribution is -2.52. The van der Waals surface area contributed by atoms with Gasteiger partial charge in [-0.15, -0.1) is 0 Å². The van der Waals surface area contributed by atoms with Crippen LogP contribution in [0.15, 0.2) is 35.7 Å². The molecule has 0 bridgehead atoms. The van der Waals surface area contributed by atoms with Crippen LogP contribution in [0.3, 0.4) is 0 Å². The fraction of sp³-hybridized carbons (Fsp3) is 0.429. The van der Waals surface area contributed by atoms with E-state index in [2.05, 4.69) is 4.98 Å². The number of nitrogens with zero attached hydrogens (tertiary/aromatic N) is 1. The van der Waals surface area contributed by atoms with E-state index in [1.807, 2.05) is 0 Å². The Morgan fingerprint density at radius 1 is 1.25 bits per heavy atom. The summed E-state index contributed by atoms with van der Waals surface area (Å²) in [7, 11) is 0. The molecule has 1 unspecified atom stereocenters. The summed E-state index contributed by atoms with van der Waals surface area (Å²) in [5.41, 5.74) is 0.312. The van der Waals surface area contributed by atoms with E-state index in [0.717, 1.165) is 4.90 Å². The van der Waals surface area contributed by atoms with Crippen molar-refractivity contribution < 1.29 is 31.4 Å². The molecule has 1 aromatic rings. The fourth-order valence-electron chi connectivity index (χ4n) is 2.37. The summed E-state index contributed by atoms with van der Waals surface area (Å²) in [6.45, 7) is -0.972. The summed E-state index contributed by atoms with van der Waals surface area (Å²) in [5, 5.41) is 9.65. The van der Waals surface area contributed by atoms with Gasteiger partial charge in [-0.2, -0.15) is 26.3 Å². The Labute approximate surface area is 133 Å². The predicted molar refractivity (Wildman–Crippen MR) is 74.3 cm³/mol. The number of aromatic amines is 1. The van der Waals surface area contributed by atoms with E-state index in [4.69, 9.17) is 5.73 Å². The Morgan fingerprint density at radius 2 is 1.88 bits per heavy atom. The molecule has 2 rings (SSSR count). The number of rotatable bonds is 3. The van der Waals surface area contributed by atoms with E-state index < -0.39 is 35.8 Å². The first-order valence-corrected chi connectivity index (χ1v) is 6.78. The molecular weight excluding hydrogens is 340 g/mol. The number of hydrogen-bond acceptors (Lipinski definition) is 3. The largest absolute Gasteiger partial charge is 0.418 e. The van der Waals surface area contributed by atoms with Gasteiger partial charge in [0.05, 0.1) is 30.1 Å². The number of H-pyrrole nitrogens is 1. The molecule has 0 aromatic carbocycles. The molecule has 4 N–H and O–H groups in total. The van der Waals surface area contributed by atoms with Gasteiger partial charge in [0.1, 0.15) is 0 Å². The van der Waals surface area contributed by atoms with Gasteiger partial charge in [-0.25, -0.2) is 0 Å². The first-order chi connectivity index (χ1) is 10.8. The van der Waals surface area contributed by atoms with Crippen LogP contribution < -0.4 is 5.73 Å². The summed E-state index contributed by atoms with van der Waals surface area (Å²) in [6, 6.07) is 2.71. The maximum absolute atomic E-state index is 13.3. The van der Waals surface area contributed by atoms with Gasteiger partial charge in [0, 0.05) is 11.9 Å². The quantitative estimate of drug-likeness (QED) is 0.731. The van der Waals surface area contributed by atoms with Crippen molar-refractivity contribution in [3.8, 4) is 0 Å². The van der Waals surface area contributed by atoms with Gasteiger partial charge in [-0.1, -0.05) is 0 Å². The Balaban J connectivity index is 2.55. The highest BCUT2D eigenvalue weighted by Crippen LogP contribution is 2.40. The van der Waals surface area contributed by atoms with Crippen LogP contribution in [0.25, 0.3) is 5.70 Å². The molecule has 1 aromatic heterocycles. The highest BCUT2D eigenvalue weighted by Gasteiger charge is 2.52. The lowest BCUT2D eigenvalue weighted by atomic mass is 9.99. The van der Waals surface area contributed by atoms with Gasteiger partial charge >= 0.3 is 12.4 Å². The number of alkyl halides is 6. The number of hydrogen-bond donors (Lipinski definition) is 3. The normalized spacial score (nSPS) is 19.3. The minimum Gasteiger partial charge on any atom is -0.401 e. The molecule has 4 nitrogen and oxygen atoms in total. The molecule has 134 valence electrons. The number of halogens is 6. The molecule has 0 radical (unpaired) electrons. The lowest BCUT2D eigenvalue weighted by molar-refractivity contribution is -0.255. The maximum Gasteiger partial charge on any atom is 0.418 e. The van der Waals surface area contributed by atoms with Crippen molar-refractivity contribution in [3.63, 3.8) is 0 Å². The third kappa shape index (κ3) is 3.53. The zero-order chi connectivity index (χ0) is 18.3. The molecule has 10 heteroatoms. The van der Waals surface area contributed by atoms with E-state index in [1.165, 1.54) is 18.3 Å². The van der Waals surface area contributed by atoms with E-state index in [1.54, 1.807) is 0 Å². The molecule has 1 aliphatic rings. The van der Waals surface area contributed by atoms with Crippen LogP contribution in [0.4, 0.5) is 26.3 Å². The molecule has 2 heterocycles. The smallest absolute Gasteiger partial charge is 0.401 e. The van der Waals surface area contributed by atoms with Crippen LogP contribution in [0.1, 0.15) is 12.6 Å². The zero-order valence-electron chi connectivity index (χ0n) is 12.5. The van der Waals surface area contributed by atoms with Crippen molar-refractivity contribution in [1.82, 2.24) is 9.88 Å². The average molecular weight is 355 g/mol. The number of aromatic nitrogens is 1. The van der Waals surface area contributed by atoms with Crippen LogP contribution in [-0.4, -0.2) is 46.0 Å². The molecule has 0 aliphatic carbocycles. The first kappa shape index (κ1) is 18.2. The van der Waals surface area contributed by atoms with Crippen LogP contribution in [0.2, 0.25) is 0 Å². The number of nitrogens with two attached hydrogens (primary N) is 1. The van der Waals surface area contributed by atoms with Gasteiger partial charge in [-0.3, -0.25) is 0 Å². The Hall–Kier alpha value is -2.10. The summed E-state index contributed by atoms with van der Waals surface area (Å²) >= 11 is 0. The lowest BCUT2D eigenvalue weighted by Gasteiger charge is -2.38. The highest BCUT2D eigenvalue weighted by molar-refractivity contribution is 5.70. The van der Waals surface area contributed by atoms with E-state index in [0.29, 0.717) is 13.0 Å². The van der Waals surface area contributed by atoms with Crippen LogP contribution >= 0.6 is 0 Å². The minimum absolute atomic E-state index is 0.0240. The Morgan fingerprint density at radius 3 is 2.33 bits per heavy atom. The van der Waals surface area contributed by atoms with Crippen molar-refractivity contribution in [1.29, 1.82) is 0 Å². The van der Waals surface area contributed by atoms with Crippen molar-refractivity contribution >= 4 is 5.70 Å². The van der Waals surface area contributed by atoms with Crippen LogP contribution in [0.5, 0.6) is 0 Å². The van der Waals surface area contributed by atoms with Crippen molar-refractivity contribution in [3.05, 3.63) is 41.4 Å². The standard InChI is InChI=1S/C14H15F6N3O/c1-12(24,14(18,19)20)7-23-6-8(21)5-9(13(15,16)17)11(23)10-3-2-4-22-10/h2-5,22,24H,6-7,21H2,1H3. The van der Waals surface area contributed by atoms with Crippen molar-refractivity contribution in [2.45, 2.75) is 24.9 Å². The van der Waals surface area contributed by atoms with Gasteiger partial charge in [0.25, 0.3) is 0 Å². The molecule has 0 amide bonds. The third-order valence-electron chi connectivity index (χ3n) is 3.54. The average Bonchev–Trinajstić information content (AvgIpc) is 2.88. The van der Waals surface area contributed by atoms with Gasteiger partial charge in [0.15, 0.2) is 5.60 Å². The SMILES string of the molecule is CC(O)(CN1CC(N)=CC(C(F)(F)F)=C1c1ccc[nH]1)C(F)(F)F. The Bertz CT molecular complexity index is 655.